The Morgan fingerprint density at radius 3 is 1.53 bits per heavy atom. The number of unbranched alkanes of at least 4 members (excludes halogenated alkanes) is 15. The molecule has 3 N–H and O–H groups in total. The van der Waals surface area contributed by atoms with E-state index in [-0.39, 0.29) is 32.6 Å². The van der Waals surface area contributed by atoms with Gasteiger partial charge in [-0.1, -0.05) is 132 Å². The Kier molecular flexibility index (Phi) is 37.7. The minimum Gasteiger partial charge on any atom is -0.462 e. The van der Waals surface area contributed by atoms with Gasteiger partial charge < -0.3 is 20.1 Å². The van der Waals surface area contributed by atoms with Crippen molar-refractivity contribution in [3.63, 3.8) is 0 Å². The standard InChI is InChI=1S/C43H76NO8P/c1-3-5-7-9-11-13-15-17-19-20-22-23-25-27-29-31-33-35-42(45)49-39-41(40-51-53(47,48)50-38-37-44)52-43(46)36-34-32-30-28-26-24-21-18-16-14-12-10-8-6-4-2/h11,13,17-19,21-23,26,28,41H,3-10,12,14-16,20,24-25,27,29-40,44H2,1-2H3,(H,47,48)/b13-11+,19-17+,21-18+,23-22+,28-26+/t41-/m1/s1. The van der Waals surface area contributed by atoms with Crippen LogP contribution in [-0.2, 0) is 32.7 Å². The zero-order chi connectivity index (χ0) is 38.9. The van der Waals surface area contributed by atoms with E-state index in [2.05, 4.69) is 74.6 Å². The summed E-state index contributed by atoms with van der Waals surface area (Å²) in [5.74, 6) is -0.897. The second-order valence-corrected chi connectivity index (χ2v) is 14.9. The zero-order valence-corrected chi connectivity index (χ0v) is 34.4. The lowest BCUT2D eigenvalue weighted by Gasteiger charge is -2.19. The highest BCUT2D eigenvalue weighted by Crippen LogP contribution is 2.43. The highest BCUT2D eigenvalue weighted by Gasteiger charge is 2.25. The summed E-state index contributed by atoms with van der Waals surface area (Å²) in [5.41, 5.74) is 5.34. The molecule has 0 heterocycles. The first-order valence-corrected chi connectivity index (χ1v) is 22.3. The number of ether oxygens (including phenoxy) is 2. The van der Waals surface area contributed by atoms with Crippen molar-refractivity contribution in [3.8, 4) is 0 Å². The van der Waals surface area contributed by atoms with Gasteiger partial charge in [-0.3, -0.25) is 18.6 Å². The molecule has 0 spiro atoms. The van der Waals surface area contributed by atoms with Gasteiger partial charge in [0.1, 0.15) is 6.61 Å². The van der Waals surface area contributed by atoms with Crippen LogP contribution in [0, 0.1) is 0 Å². The van der Waals surface area contributed by atoms with E-state index in [1.54, 1.807) is 0 Å². The number of hydrogen-bond acceptors (Lipinski definition) is 8. The highest BCUT2D eigenvalue weighted by atomic mass is 31.2. The van der Waals surface area contributed by atoms with E-state index in [4.69, 9.17) is 24.3 Å². The smallest absolute Gasteiger partial charge is 0.462 e. The molecule has 10 heteroatoms. The second-order valence-electron chi connectivity index (χ2n) is 13.5. The van der Waals surface area contributed by atoms with Gasteiger partial charge in [0.2, 0.25) is 0 Å². The largest absolute Gasteiger partial charge is 0.472 e. The van der Waals surface area contributed by atoms with Gasteiger partial charge in [0.15, 0.2) is 6.10 Å². The number of allylic oxidation sites excluding steroid dienone is 10. The van der Waals surface area contributed by atoms with Crippen molar-refractivity contribution in [2.75, 3.05) is 26.4 Å². The SMILES string of the molecule is CCCCC/C=C/C/C=C/C/C=C/CCCCCCC(=O)OC[C@H](COP(=O)(O)OCCN)OC(=O)CCCC/C=C/C/C=C/CCCCCCCC. The van der Waals surface area contributed by atoms with Crippen molar-refractivity contribution in [1.29, 1.82) is 0 Å². The van der Waals surface area contributed by atoms with Crippen molar-refractivity contribution in [2.45, 2.75) is 174 Å². The maximum atomic E-state index is 12.5. The van der Waals surface area contributed by atoms with Crippen LogP contribution in [0.5, 0.6) is 0 Å². The Morgan fingerprint density at radius 2 is 0.981 bits per heavy atom. The molecule has 0 rings (SSSR count). The number of phosphoric acid groups is 1. The first-order valence-electron chi connectivity index (χ1n) is 20.8. The Morgan fingerprint density at radius 1 is 0.566 bits per heavy atom. The normalized spacial score (nSPS) is 14.0. The summed E-state index contributed by atoms with van der Waals surface area (Å²) < 4.78 is 32.7. The van der Waals surface area contributed by atoms with Crippen LogP contribution in [0.25, 0.3) is 0 Å². The average Bonchev–Trinajstić information content (AvgIpc) is 3.14. The van der Waals surface area contributed by atoms with Gasteiger partial charge in [-0.2, -0.15) is 0 Å². The molecule has 0 radical (unpaired) electrons. The summed E-state index contributed by atoms with van der Waals surface area (Å²) in [7, 11) is -4.39. The van der Waals surface area contributed by atoms with E-state index in [0.717, 1.165) is 64.2 Å². The van der Waals surface area contributed by atoms with Crippen molar-refractivity contribution >= 4 is 19.8 Å². The average molecular weight is 766 g/mol. The van der Waals surface area contributed by atoms with Gasteiger partial charge in [-0.25, -0.2) is 4.57 Å². The number of hydrogen-bond donors (Lipinski definition) is 2. The molecule has 0 aromatic carbocycles. The maximum Gasteiger partial charge on any atom is 0.472 e. The summed E-state index contributed by atoms with van der Waals surface area (Å²) in [6, 6.07) is 0. The van der Waals surface area contributed by atoms with Crippen molar-refractivity contribution < 1.29 is 37.6 Å². The molecular formula is C43H76NO8P. The Bertz CT molecular complexity index is 1050. The molecule has 2 atom stereocenters. The van der Waals surface area contributed by atoms with E-state index in [9.17, 15) is 19.0 Å². The quantitative estimate of drug-likeness (QED) is 0.0272. The molecule has 0 amide bonds. The molecule has 1 unspecified atom stereocenters. The number of rotatable bonds is 38. The fourth-order valence-corrected chi connectivity index (χ4v) is 6.02. The minimum atomic E-state index is -4.39. The number of carbonyl (C=O) groups is 2. The summed E-state index contributed by atoms with van der Waals surface area (Å²) in [6.45, 7) is 3.62. The predicted octanol–water partition coefficient (Wildman–Crippen LogP) is 11.7. The van der Waals surface area contributed by atoms with Crippen molar-refractivity contribution in [2.24, 2.45) is 5.73 Å². The summed E-state index contributed by atoms with van der Waals surface area (Å²) >= 11 is 0. The van der Waals surface area contributed by atoms with Gasteiger partial charge in [-0.05, 0) is 83.5 Å². The van der Waals surface area contributed by atoms with Crippen LogP contribution in [0.15, 0.2) is 60.8 Å². The molecule has 0 saturated carbocycles. The van der Waals surface area contributed by atoms with E-state index >= 15 is 0 Å². The molecule has 306 valence electrons. The molecule has 9 nitrogen and oxygen atoms in total. The number of phosphoric ester groups is 1. The van der Waals surface area contributed by atoms with Crippen LogP contribution in [0.2, 0.25) is 0 Å². The third kappa shape index (κ3) is 39.2. The molecule has 0 saturated heterocycles. The minimum absolute atomic E-state index is 0.0426. The molecule has 0 fully saturated rings. The van der Waals surface area contributed by atoms with Crippen LogP contribution in [-0.4, -0.2) is 49.3 Å². The molecule has 0 aromatic heterocycles. The monoisotopic (exact) mass is 766 g/mol. The van der Waals surface area contributed by atoms with Gasteiger partial charge in [-0.15, -0.1) is 0 Å². The molecule has 0 aliphatic heterocycles. The molecule has 53 heavy (non-hydrogen) atoms. The Balaban J connectivity index is 4.29. The van der Waals surface area contributed by atoms with Gasteiger partial charge >= 0.3 is 19.8 Å². The number of carbonyl (C=O) groups excluding carboxylic acids is 2. The third-order valence-electron chi connectivity index (χ3n) is 8.38. The van der Waals surface area contributed by atoms with Crippen LogP contribution in [0.3, 0.4) is 0 Å². The van der Waals surface area contributed by atoms with Gasteiger partial charge in [0, 0.05) is 19.4 Å². The first kappa shape index (κ1) is 50.7. The van der Waals surface area contributed by atoms with E-state index in [1.165, 1.54) is 64.2 Å². The zero-order valence-electron chi connectivity index (χ0n) is 33.5. The van der Waals surface area contributed by atoms with E-state index < -0.39 is 32.5 Å². The topological polar surface area (TPSA) is 134 Å². The van der Waals surface area contributed by atoms with Gasteiger partial charge in [0.05, 0.1) is 13.2 Å². The van der Waals surface area contributed by atoms with Crippen LogP contribution >= 0.6 is 7.82 Å². The van der Waals surface area contributed by atoms with E-state index in [0.29, 0.717) is 12.8 Å². The molecule has 0 aliphatic carbocycles. The molecule has 0 bridgehead atoms. The molecule has 0 aromatic rings. The fraction of sp³-hybridized carbons (Fsp3) is 0.721. The van der Waals surface area contributed by atoms with Crippen LogP contribution in [0.4, 0.5) is 0 Å². The molecular weight excluding hydrogens is 689 g/mol. The van der Waals surface area contributed by atoms with Crippen LogP contribution in [0.1, 0.15) is 168 Å². The number of nitrogens with two attached hydrogens (primary N) is 1. The summed E-state index contributed by atoms with van der Waals surface area (Å²) in [6.07, 6.45) is 45.4. The molecule has 0 aliphatic rings. The first-order chi connectivity index (χ1) is 25.8. The lowest BCUT2D eigenvalue weighted by molar-refractivity contribution is -0.161. The van der Waals surface area contributed by atoms with Crippen molar-refractivity contribution in [1.82, 2.24) is 0 Å². The third-order valence-corrected chi connectivity index (χ3v) is 9.36. The van der Waals surface area contributed by atoms with Gasteiger partial charge in [0.25, 0.3) is 0 Å². The summed E-state index contributed by atoms with van der Waals surface area (Å²) in [5, 5.41) is 0. The number of esters is 2. The Labute approximate surface area is 323 Å². The van der Waals surface area contributed by atoms with Crippen LogP contribution < -0.4 is 5.73 Å². The maximum absolute atomic E-state index is 12.5. The summed E-state index contributed by atoms with van der Waals surface area (Å²) in [4.78, 5) is 34.8. The predicted molar refractivity (Wildman–Crippen MR) is 219 cm³/mol. The lowest BCUT2D eigenvalue weighted by atomic mass is 10.1. The fourth-order valence-electron chi connectivity index (χ4n) is 5.26. The van der Waals surface area contributed by atoms with Crippen molar-refractivity contribution in [3.05, 3.63) is 60.8 Å². The second kappa shape index (κ2) is 39.4. The highest BCUT2D eigenvalue weighted by molar-refractivity contribution is 7.47. The van der Waals surface area contributed by atoms with E-state index in [1.807, 2.05) is 0 Å². The lowest BCUT2D eigenvalue weighted by Crippen LogP contribution is -2.29. The Hall–Kier alpha value is -2.29.